The molecule has 1 aromatic rings. The van der Waals surface area contributed by atoms with E-state index in [0.717, 1.165) is 12.1 Å². The number of benzene rings is 1. The van der Waals surface area contributed by atoms with Gasteiger partial charge in [-0.3, -0.25) is 9.69 Å². The second kappa shape index (κ2) is 6.34. The van der Waals surface area contributed by atoms with E-state index in [-0.39, 0.29) is 12.7 Å². The van der Waals surface area contributed by atoms with Gasteiger partial charge in [0, 0.05) is 30.2 Å². The molecule has 1 aromatic carbocycles. The number of amides is 1. The minimum atomic E-state index is -0.486. The zero-order valence-corrected chi connectivity index (χ0v) is 11.3. The molecule has 1 fully saturated rings. The molecular weight excluding hydrogens is 268 g/mol. The normalized spacial score (nSPS) is 20.4. The molecule has 2 rings (SSSR count). The van der Waals surface area contributed by atoms with E-state index >= 15 is 0 Å². The lowest BCUT2D eigenvalue weighted by Crippen LogP contribution is -2.43. The number of hydrogen-bond donors (Lipinski definition) is 2. The number of ether oxygens (including phenoxy) is 1. The van der Waals surface area contributed by atoms with Gasteiger partial charge in [0.05, 0.1) is 19.3 Å². The molecule has 1 heterocycles. The second-order valence-corrected chi connectivity index (χ2v) is 4.99. The summed E-state index contributed by atoms with van der Waals surface area (Å²) in [6.07, 6.45) is -0.141. The van der Waals surface area contributed by atoms with Crippen LogP contribution in [0.4, 0.5) is 0 Å². The number of nitrogens with zero attached hydrogens (tertiary/aromatic N) is 1. The van der Waals surface area contributed by atoms with Gasteiger partial charge in [0.1, 0.15) is 0 Å². The Labute approximate surface area is 116 Å². The maximum atomic E-state index is 11.0. The molecule has 1 aliphatic rings. The van der Waals surface area contributed by atoms with Gasteiger partial charge in [-0.2, -0.15) is 0 Å². The van der Waals surface area contributed by atoms with Crippen molar-refractivity contribution in [1.29, 1.82) is 0 Å². The first-order chi connectivity index (χ1) is 9.10. The van der Waals surface area contributed by atoms with E-state index in [0.29, 0.717) is 30.3 Å². The van der Waals surface area contributed by atoms with E-state index in [9.17, 15) is 4.79 Å². The van der Waals surface area contributed by atoms with Crippen LogP contribution in [0.25, 0.3) is 0 Å². The topological polar surface area (TPSA) is 75.8 Å². The van der Waals surface area contributed by atoms with Crippen LogP contribution in [-0.2, 0) is 11.3 Å². The Bertz CT molecular complexity index is 467. The van der Waals surface area contributed by atoms with Crippen LogP contribution in [0.3, 0.4) is 0 Å². The highest BCUT2D eigenvalue weighted by Crippen LogP contribution is 2.20. The van der Waals surface area contributed by atoms with Crippen LogP contribution in [-0.4, -0.2) is 48.3 Å². The molecule has 1 unspecified atom stereocenters. The minimum Gasteiger partial charge on any atom is -0.394 e. The van der Waals surface area contributed by atoms with E-state index in [2.05, 4.69) is 4.90 Å². The van der Waals surface area contributed by atoms with E-state index in [1.54, 1.807) is 12.1 Å². The number of hydrogen-bond acceptors (Lipinski definition) is 4. The Morgan fingerprint density at radius 3 is 3.00 bits per heavy atom. The first kappa shape index (κ1) is 14.3. The summed E-state index contributed by atoms with van der Waals surface area (Å²) in [4.78, 5) is 13.2. The van der Waals surface area contributed by atoms with Gasteiger partial charge in [-0.15, -0.1) is 0 Å². The fourth-order valence-electron chi connectivity index (χ4n) is 2.10. The van der Waals surface area contributed by atoms with Crippen LogP contribution in [0.15, 0.2) is 18.2 Å². The van der Waals surface area contributed by atoms with Gasteiger partial charge >= 0.3 is 0 Å². The Hall–Kier alpha value is -1.14. The molecule has 1 atom stereocenters. The maximum absolute atomic E-state index is 11.0. The lowest BCUT2D eigenvalue weighted by Gasteiger charge is -2.32. The van der Waals surface area contributed by atoms with Gasteiger partial charge in [0.15, 0.2) is 0 Å². The maximum Gasteiger partial charge on any atom is 0.248 e. The summed E-state index contributed by atoms with van der Waals surface area (Å²) < 4.78 is 5.39. The quantitative estimate of drug-likeness (QED) is 0.850. The summed E-state index contributed by atoms with van der Waals surface area (Å²) in [5.74, 6) is -0.486. The summed E-state index contributed by atoms with van der Waals surface area (Å²) in [6, 6.07) is 5.07. The second-order valence-electron chi connectivity index (χ2n) is 4.58. The third kappa shape index (κ3) is 3.67. The van der Waals surface area contributed by atoms with Gasteiger partial charge < -0.3 is 15.6 Å². The van der Waals surface area contributed by atoms with Crippen molar-refractivity contribution in [3.05, 3.63) is 34.3 Å². The molecule has 0 aromatic heterocycles. The van der Waals surface area contributed by atoms with Gasteiger partial charge in [-0.25, -0.2) is 0 Å². The Morgan fingerprint density at radius 2 is 2.37 bits per heavy atom. The lowest BCUT2D eigenvalue weighted by atomic mass is 10.1. The first-order valence-electron chi connectivity index (χ1n) is 6.13. The van der Waals surface area contributed by atoms with E-state index < -0.39 is 5.91 Å². The molecule has 1 saturated heterocycles. The number of morpholine rings is 1. The number of nitrogens with two attached hydrogens (primary N) is 1. The number of rotatable bonds is 4. The minimum absolute atomic E-state index is 0.0187. The standard InChI is InChI=1S/C13H17ClN2O3/c14-12-5-9(13(15)18)1-2-10(12)6-16-3-4-19-11(7-16)8-17/h1-2,5,11,17H,3-4,6-8H2,(H2,15,18). The monoisotopic (exact) mass is 284 g/mol. The van der Waals surface area contributed by atoms with Crippen LogP contribution < -0.4 is 5.73 Å². The highest BCUT2D eigenvalue weighted by Gasteiger charge is 2.20. The molecule has 0 radical (unpaired) electrons. The lowest BCUT2D eigenvalue weighted by molar-refractivity contribution is -0.0550. The highest BCUT2D eigenvalue weighted by atomic mass is 35.5. The predicted molar refractivity (Wildman–Crippen MR) is 72.1 cm³/mol. The molecule has 104 valence electrons. The van der Waals surface area contributed by atoms with Crippen molar-refractivity contribution in [2.75, 3.05) is 26.3 Å². The average Bonchev–Trinajstić information content (AvgIpc) is 2.41. The van der Waals surface area contributed by atoms with Gasteiger partial charge in [-0.05, 0) is 17.7 Å². The van der Waals surface area contributed by atoms with E-state index in [1.165, 1.54) is 0 Å². The van der Waals surface area contributed by atoms with E-state index in [4.69, 9.17) is 27.2 Å². The third-order valence-electron chi connectivity index (χ3n) is 3.16. The Morgan fingerprint density at radius 1 is 1.58 bits per heavy atom. The summed E-state index contributed by atoms with van der Waals surface area (Å²) in [6.45, 7) is 2.75. The van der Waals surface area contributed by atoms with Crippen molar-refractivity contribution in [2.24, 2.45) is 5.73 Å². The predicted octanol–water partition coefficient (Wildman–Crippen LogP) is 0.632. The molecule has 0 aliphatic carbocycles. The smallest absolute Gasteiger partial charge is 0.248 e. The van der Waals surface area contributed by atoms with Crippen LogP contribution >= 0.6 is 11.6 Å². The summed E-state index contributed by atoms with van der Waals surface area (Å²) >= 11 is 6.15. The highest BCUT2D eigenvalue weighted by molar-refractivity contribution is 6.31. The van der Waals surface area contributed by atoms with Crippen molar-refractivity contribution in [1.82, 2.24) is 4.90 Å². The van der Waals surface area contributed by atoms with Crippen LogP contribution in [0.2, 0.25) is 5.02 Å². The van der Waals surface area contributed by atoms with Crippen LogP contribution in [0, 0.1) is 0 Å². The van der Waals surface area contributed by atoms with Gasteiger partial charge in [-0.1, -0.05) is 17.7 Å². The summed E-state index contributed by atoms with van der Waals surface area (Å²) in [7, 11) is 0. The fraction of sp³-hybridized carbons (Fsp3) is 0.462. The molecule has 5 nitrogen and oxygen atoms in total. The van der Waals surface area contributed by atoms with Crippen molar-refractivity contribution < 1.29 is 14.6 Å². The summed E-state index contributed by atoms with van der Waals surface area (Å²) in [5.41, 5.74) is 6.54. The van der Waals surface area contributed by atoms with Crippen molar-refractivity contribution in [3.8, 4) is 0 Å². The zero-order chi connectivity index (χ0) is 13.8. The molecule has 19 heavy (non-hydrogen) atoms. The van der Waals surface area contributed by atoms with Gasteiger partial charge in [0.25, 0.3) is 0 Å². The number of carbonyl (C=O) groups excluding carboxylic acids is 1. The number of halogens is 1. The number of aliphatic hydroxyl groups is 1. The molecule has 0 bridgehead atoms. The van der Waals surface area contributed by atoms with Crippen molar-refractivity contribution in [2.45, 2.75) is 12.6 Å². The third-order valence-corrected chi connectivity index (χ3v) is 3.51. The van der Waals surface area contributed by atoms with Crippen molar-refractivity contribution >= 4 is 17.5 Å². The molecule has 1 amide bonds. The van der Waals surface area contributed by atoms with Crippen LogP contribution in [0.1, 0.15) is 15.9 Å². The molecular formula is C13H17ClN2O3. The first-order valence-corrected chi connectivity index (χ1v) is 6.51. The van der Waals surface area contributed by atoms with Crippen molar-refractivity contribution in [3.63, 3.8) is 0 Å². The van der Waals surface area contributed by atoms with Gasteiger partial charge in [0.2, 0.25) is 5.91 Å². The molecule has 6 heteroatoms. The SMILES string of the molecule is NC(=O)c1ccc(CN2CCOC(CO)C2)c(Cl)c1. The Kier molecular flexibility index (Phi) is 4.76. The molecule has 1 aliphatic heterocycles. The van der Waals surface area contributed by atoms with E-state index in [1.807, 2.05) is 6.07 Å². The largest absolute Gasteiger partial charge is 0.394 e. The summed E-state index contributed by atoms with van der Waals surface area (Å²) in [5, 5.41) is 9.63. The number of carbonyl (C=O) groups is 1. The zero-order valence-electron chi connectivity index (χ0n) is 10.5. The molecule has 0 spiro atoms. The number of primary amides is 1. The molecule has 0 saturated carbocycles. The molecule has 3 N–H and O–H groups in total. The fourth-order valence-corrected chi connectivity index (χ4v) is 2.34. The number of aliphatic hydroxyl groups excluding tert-OH is 1. The average molecular weight is 285 g/mol. The Balaban J connectivity index is 2.04. The van der Waals surface area contributed by atoms with Crippen LogP contribution in [0.5, 0.6) is 0 Å².